The average molecular weight is 370 g/mol. The molecule has 0 bridgehead atoms. The number of Topliss-reactive ketones (excluding diaryl/α,β-unsaturated/α-hetero) is 1. The number of nitro groups is 1. The molecule has 0 aliphatic carbocycles. The normalized spacial score (nSPS) is 12.1. The molecule has 0 aromatic heterocycles. The predicted octanol–water partition coefficient (Wildman–Crippen LogP) is 4.23. The summed E-state index contributed by atoms with van der Waals surface area (Å²) in [5.74, 6) is -0.140. The summed E-state index contributed by atoms with van der Waals surface area (Å²) >= 11 is 0. The second-order valence-electron chi connectivity index (χ2n) is 7.16. The van der Waals surface area contributed by atoms with E-state index >= 15 is 0 Å². The Balaban J connectivity index is 2.05. The Morgan fingerprint density at radius 3 is 2.30 bits per heavy atom. The highest BCUT2D eigenvalue weighted by atomic mass is 16.6. The Kier molecular flexibility index (Phi) is 5.95. The number of nitrogens with zero attached hydrogens (tertiary/aromatic N) is 1. The maximum absolute atomic E-state index is 12.5. The number of hydrogen-bond donors (Lipinski definition) is 1. The van der Waals surface area contributed by atoms with E-state index in [1.165, 1.54) is 18.2 Å². The van der Waals surface area contributed by atoms with Crippen LogP contribution < -0.4 is 10.1 Å². The fraction of sp³-hybridized carbons (Fsp3) is 0.300. The third kappa shape index (κ3) is 5.37. The van der Waals surface area contributed by atoms with Crippen molar-refractivity contribution in [1.82, 2.24) is 0 Å². The molecule has 0 aliphatic rings. The molecule has 1 atom stereocenters. The predicted molar refractivity (Wildman–Crippen MR) is 102 cm³/mol. The van der Waals surface area contributed by atoms with Crippen LogP contribution in [0.5, 0.6) is 5.75 Å². The number of nitrogens with one attached hydrogen (secondary N) is 1. The van der Waals surface area contributed by atoms with Crippen molar-refractivity contribution in [2.24, 2.45) is 5.41 Å². The van der Waals surface area contributed by atoms with Crippen LogP contribution in [-0.4, -0.2) is 22.7 Å². The van der Waals surface area contributed by atoms with E-state index in [0.29, 0.717) is 11.3 Å². The molecule has 0 unspecified atom stereocenters. The summed E-state index contributed by atoms with van der Waals surface area (Å²) in [6, 6.07) is 12.2. The Morgan fingerprint density at radius 1 is 1.11 bits per heavy atom. The number of hydrogen-bond acceptors (Lipinski definition) is 5. The van der Waals surface area contributed by atoms with Crippen LogP contribution in [0.25, 0.3) is 0 Å². The topological polar surface area (TPSA) is 98.5 Å². The summed E-state index contributed by atoms with van der Waals surface area (Å²) in [7, 11) is 0. The molecule has 0 radical (unpaired) electrons. The van der Waals surface area contributed by atoms with Gasteiger partial charge in [-0.3, -0.25) is 19.7 Å². The average Bonchev–Trinajstić information content (AvgIpc) is 2.61. The quantitative estimate of drug-likeness (QED) is 0.466. The lowest BCUT2D eigenvalue weighted by atomic mass is 9.95. The zero-order valence-electron chi connectivity index (χ0n) is 15.7. The van der Waals surface area contributed by atoms with E-state index in [0.717, 1.165) is 0 Å². The Hall–Kier alpha value is -3.22. The minimum Gasteiger partial charge on any atom is -0.482 e. The third-order valence-corrected chi connectivity index (χ3v) is 3.82. The smallest absolute Gasteiger partial charge is 0.273 e. The molecular formula is C20H22N2O5. The molecule has 2 rings (SSSR count). The van der Waals surface area contributed by atoms with E-state index in [1.54, 1.807) is 37.3 Å². The van der Waals surface area contributed by atoms with Crippen LogP contribution in [0.4, 0.5) is 11.4 Å². The number of anilines is 1. The van der Waals surface area contributed by atoms with Crippen LogP contribution in [0, 0.1) is 15.5 Å². The molecule has 27 heavy (non-hydrogen) atoms. The van der Waals surface area contributed by atoms with Gasteiger partial charge in [0.25, 0.3) is 5.69 Å². The van der Waals surface area contributed by atoms with Crippen LogP contribution in [-0.2, 0) is 4.79 Å². The first kappa shape index (κ1) is 20.1. The number of carbonyl (C=O) groups is 2. The number of ketones is 1. The van der Waals surface area contributed by atoms with E-state index in [4.69, 9.17) is 4.74 Å². The highest BCUT2D eigenvalue weighted by Crippen LogP contribution is 2.22. The number of benzene rings is 2. The van der Waals surface area contributed by atoms with E-state index in [2.05, 4.69) is 5.32 Å². The van der Waals surface area contributed by atoms with Crippen molar-refractivity contribution in [2.75, 3.05) is 5.32 Å². The van der Waals surface area contributed by atoms with Crippen LogP contribution in [0.2, 0.25) is 0 Å². The van der Waals surface area contributed by atoms with E-state index < -0.39 is 16.4 Å². The Bertz CT molecular complexity index is 853. The minimum atomic E-state index is -0.818. The van der Waals surface area contributed by atoms with Gasteiger partial charge in [-0.05, 0) is 37.3 Å². The largest absolute Gasteiger partial charge is 0.482 e. The second-order valence-corrected chi connectivity index (χ2v) is 7.16. The fourth-order valence-electron chi connectivity index (χ4n) is 2.20. The molecule has 7 nitrogen and oxygen atoms in total. The van der Waals surface area contributed by atoms with E-state index in [-0.39, 0.29) is 23.1 Å². The molecular weight excluding hydrogens is 348 g/mol. The zero-order valence-corrected chi connectivity index (χ0v) is 15.7. The Morgan fingerprint density at radius 2 is 1.74 bits per heavy atom. The van der Waals surface area contributed by atoms with Gasteiger partial charge in [-0.2, -0.15) is 0 Å². The van der Waals surface area contributed by atoms with Crippen molar-refractivity contribution in [3.8, 4) is 5.75 Å². The van der Waals surface area contributed by atoms with Crippen LogP contribution in [0.3, 0.4) is 0 Å². The molecule has 142 valence electrons. The van der Waals surface area contributed by atoms with Crippen molar-refractivity contribution < 1.29 is 19.2 Å². The molecule has 2 aromatic carbocycles. The summed E-state index contributed by atoms with van der Waals surface area (Å²) in [6.07, 6.45) is -0.818. The maximum Gasteiger partial charge on any atom is 0.273 e. The molecule has 0 saturated heterocycles. The first-order chi connectivity index (χ1) is 12.6. The second kappa shape index (κ2) is 7.99. The van der Waals surface area contributed by atoms with Crippen molar-refractivity contribution in [3.63, 3.8) is 0 Å². The number of nitro benzene ring substituents is 1. The summed E-state index contributed by atoms with van der Waals surface area (Å²) < 4.78 is 5.54. The van der Waals surface area contributed by atoms with Crippen molar-refractivity contribution >= 4 is 23.1 Å². The number of amides is 1. The Labute approximate surface area is 157 Å². The van der Waals surface area contributed by atoms with Gasteiger partial charge in [0, 0.05) is 22.7 Å². The summed E-state index contributed by atoms with van der Waals surface area (Å²) in [6.45, 7) is 7.02. The number of ether oxygens (including phenoxy) is 1. The molecule has 0 fully saturated rings. The lowest BCUT2D eigenvalue weighted by Crippen LogP contribution is -2.27. The standard InChI is InChI=1S/C20H22N2O5/c1-13(27-17-7-5-6-16(12-17)22(25)26)18(23)14-8-10-15(11-9-14)21-19(24)20(2,3)4/h5-13H,1-4H3,(H,21,24)/t13-/m0/s1. The molecule has 0 aliphatic heterocycles. The molecule has 0 heterocycles. The van der Waals surface area contributed by atoms with Gasteiger partial charge in [-0.25, -0.2) is 0 Å². The number of rotatable bonds is 6. The molecule has 2 aromatic rings. The van der Waals surface area contributed by atoms with Gasteiger partial charge in [0.1, 0.15) is 5.75 Å². The molecule has 7 heteroatoms. The van der Waals surface area contributed by atoms with Gasteiger partial charge in [0.15, 0.2) is 6.10 Å². The molecule has 0 saturated carbocycles. The molecule has 1 N–H and O–H groups in total. The van der Waals surface area contributed by atoms with Crippen LogP contribution >= 0.6 is 0 Å². The van der Waals surface area contributed by atoms with E-state index in [1.807, 2.05) is 20.8 Å². The van der Waals surface area contributed by atoms with E-state index in [9.17, 15) is 19.7 Å². The van der Waals surface area contributed by atoms with Crippen molar-refractivity contribution in [3.05, 3.63) is 64.2 Å². The number of carbonyl (C=O) groups excluding carboxylic acids is 2. The third-order valence-electron chi connectivity index (χ3n) is 3.82. The summed E-state index contributed by atoms with van der Waals surface area (Å²) in [5, 5.41) is 13.6. The SMILES string of the molecule is C[C@H](Oc1cccc([N+](=O)[O-])c1)C(=O)c1ccc(NC(=O)C(C)(C)C)cc1. The van der Waals surface area contributed by atoms with Gasteiger partial charge in [0.2, 0.25) is 11.7 Å². The minimum absolute atomic E-state index is 0.105. The zero-order chi connectivity index (χ0) is 20.2. The van der Waals surface area contributed by atoms with Gasteiger partial charge in [-0.1, -0.05) is 26.8 Å². The lowest BCUT2D eigenvalue weighted by Gasteiger charge is -2.18. The van der Waals surface area contributed by atoms with Gasteiger partial charge in [0.05, 0.1) is 11.0 Å². The van der Waals surface area contributed by atoms with Gasteiger partial charge in [-0.15, -0.1) is 0 Å². The molecule has 1 amide bonds. The lowest BCUT2D eigenvalue weighted by molar-refractivity contribution is -0.384. The summed E-state index contributed by atoms with van der Waals surface area (Å²) in [4.78, 5) is 34.8. The van der Waals surface area contributed by atoms with Crippen molar-refractivity contribution in [2.45, 2.75) is 33.8 Å². The van der Waals surface area contributed by atoms with Crippen LogP contribution in [0.1, 0.15) is 38.1 Å². The first-order valence-corrected chi connectivity index (χ1v) is 8.45. The monoisotopic (exact) mass is 370 g/mol. The highest BCUT2D eigenvalue weighted by Gasteiger charge is 2.22. The fourth-order valence-corrected chi connectivity index (χ4v) is 2.20. The summed E-state index contributed by atoms with van der Waals surface area (Å²) in [5.41, 5.74) is 0.390. The van der Waals surface area contributed by atoms with Gasteiger partial charge >= 0.3 is 0 Å². The highest BCUT2D eigenvalue weighted by molar-refractivity contribution is 6.00. The maximum atomic E-state index is 12.5. The first-order valence-electron chi connectivity index (χ1n) is 8.45. The number of non-ortho nitro benzene ring substituents is 1. The van der Waals surface area contributed by atoms with Crippen LogP contribution in [0.15, 0.2) is 48.5 Å². The molecule has 0 spiro atoms. The van der Waals surface area contributed by atoms with Crippen molar-refractivity contribution in [1.29, 1.82) is 0 Å². The van der Waals surface area contributed by atoms with Gasteiger partial charge < -0.3 is 10.1 Å².